The molecule has 9 nitrogen and oxygen atoms in total. The van der Waals surface area contributed by atoms with Crippen LogP contribution in [0, 0.1) is 0 Å². The van der Waals surface area contributed by atoms with E-state index >= 15 is 0 Å². The first kappa shape index (κ1) is 16.2. The van der Waals surface area contributed by atoms with Gasteiger partial charge in [0, 0.05) is 0 Å². The maximum atomic E-state index is 13.5. The summed E-state index contributed by atoms with van der Waals surface area (Å²) in [5.41, 5.74) is 0. The molecule has 0 spiro atoms. The molecular formula is C9H15FO9. The molecule has 1 fully saturated rings. The third kappa shape index (κ3) is 2.69. The Morgan fingerprint density at radius 2 is 1.84 bits per heavy atom. The van der Waals surface area contributed by atoms with E-state index in [9.17, 15) is 29.6 Å². The zero-order valence-electron chi connectivity index (χ0n) is 9.50. The Morgan fingerprint density at radius 1 is 1.32 bits per heavy atom. The van der Waals surface area contributed by atoms with Crippen LogP contribution in [0.15, 0.2) is 0 Å². The molecule has 1 saturated heterocycles. The van der Waals surface area contributed by atoms with Crippen LogP contribution in [0.4, 0.5) is 4.39 Å². The van der Waals surface area contributed by atoms with Crippen molar-refractivity contribution in [2.45, 2.75) is 42.5 Å². The Kier molecular flexibility index (Phi) is 4.79. The number of carbonyl (C=O) groups is 1. The smallest absolute Gasteiger partial charge is 0.367 e. The molecule has 7 N–H and O–H groups in total. The number of carboxylic acid groups (broad SMARTS) is 1. The van der Waals surface area contributed by atoms with Crippen molar-refractivity contribution in [1.82, 2.24) is 0 Å². The van der Waals surface area contributed by atoms with Gasteiger partial charge < -0.3 is 40.5 Å². The number of halogens is 1. The minimum Gasteiger partial charge on any atom is -0.477 e. The van der Waals surface area contributed by atoms with Crippen molar-refractivity contribution in [1.29, 1.82) is 0 Å². The summed E-state index contributed by atoms with van der Waals surface area (Å²) in [4.78, 5) is 10.7. The van der Waals surface area contributed by atoms with Crippen molar-refractivity contribution in [3.8, 4) is 0 Å². The first-order valence-corrected chi connectivity index (χ1v) is 5.27. The molecule has 0 bridgehead atoms. The fourth-order valence-corrected chi connectivity index (χ4v) is 1.71. The topological polar surface area (TPSA) is 168 Å². The summed E-state index contributed by atoms with van der Waals surface area (Å²) in [7, 11) is 0. The summed E-state index contributed by atoms with van der Waals surface area (Å²) >= 11 is 0. The second kappa shape index (κ2) is 5.63. The number of hydrogen-bond acceptors (Lipinski definition) is 8. The highest BCUT2D eigenvalue weighted by Gasteiger charge is 2.60. The quantitative estimate of drug-likeness (QED) is 0.272. The summed E-state index contributed by atoms with van der Waals surface area (Å²) in [5.74, 6) is -5.67. The molecule has 3 unspecified atom stereocenters. The normalized spacial score (nSPS) is 42.7. The fraction of sp³-hybridized carbons (Fsp3) is 0.889. The number of aliphatic hydroxyl groups is 6. The molecular weight excluding hydrogens is 271 g/mol. The number of rotatable bonds is 4. The molecule has 0 amide bonds. The highest BCUT2D eigenvalue weighted by Crippen LogP contribution is 2.32. The van der Waals surface area contributed by atoms with Crippen LogP contribution in [0.25, 0.3) is 0 Å². The van der Waals surface area contributed by atoms with E-state index in [1.807, 2.05) is 0 Å². The molecule has 0 aliphatic carbocycles. The zero-order valence-corrected chi connectivity index (χ0v) is 9.50. The summed E-state index contributed by atoms with van der Waals surface area (Å²) in [6.45, 7) is -0.964. The maximum Gasteiger partial charge on any atom is 0.367 e. The van der Waals surface area contributed by atoms with Crippen LogP contribution in [0.2, 0.25) is 0 Å². The van der Waals surface area contributed by atoms with E-state index in [0.717, 1.165) is 0 Å². The summed E-state index contributed by atoms with van der Waals surface area (Å²) < 4.78 is 17.9. The number of aliphatic hydroxyl groups excluding tert-OH is 5. The van der Waals surface area contributed by atoms with Gasteiger partial charge in [0.25, 0.3) is 0 Å². The van der Waals surface area contributed by atoms with Crippen molar-refractivity contribution in [2.75, 3.05) is 6.61 Å². The highest BCUT2D eigenvalue weighted by atomic mass is 19.1. The largest absolute Gasteiger partial charge is 0.477 e. The molecule has 1 heterocycles. The first-order chi connectivity index (χ1) is 8.66. The van der Waals surface area contributed by atoms with Crippen molar-refractivity contribution < 1.29 is 49.7 Å². The van der Waals surface area contributed by atoms with E-state index in [4.69, 9.17) is 15.3 Å². The average Bonchev–Trinajstić information content (AvgIpc) is 2.38. The van der Waals surface area contributed by atoms with Gasteiger partial charge in [0.1, 0.15) is 30.5 Å². The lowest BCUT2D eigenvalue weighted by Gasteiger charge is -2.44. The Labute approximate surface area is 106 Å². The Morgan fingerprint density at radius 3 is 2.26 bits per heavy atom. The number of alkyl halides is 1. The van der Waals surface area contributed by atoms with Crippen molar-refractivity contribution >= 4 is 5.97 Å². The van der Waals surface area contributed by atoms with Gasteiger partial charge in [0.05, 0.1) is 6.61 Å². The van der Waals surface area contributed by atoms with E-state index in [1.54, 1.807) is 0 Å². The van der Waals surface area contributed by atoms with Crippen LogP contribution in [-0.4, -0.2) is 90.8 Å². The van der Waals surface area contributed by atoms with Gasteiger partial charge in [0.2, 0.25) is 0 Å². The summed E-state index contributed by atoms with van der Waals surface area (Å²) in [5, 5.41) is 64.2. The molecule has 10 heteroatoms. The third-order valence-corrected chi connectivity index (χ3v) is 2.90. The molecule has 1 aliphatic heterocycles. The van der Waals surface area contributed by atoms with Gasteiger partial charge in [-0.3, -0.25) is 0 Å². The van der Waals surface area contributed by atoms with Crippen LogP contribution in [0.5, 0.6) is 0 Å². The molecule has 1 aliphatic rings. The van der Waals surface area contributed by atoms with Gasteiger partial charge in [-0.2, -0.15) is 0 Å². The van der Waals surface area contributed by atoms with E-state index in [0.29, 0.717) is 0 Å². The van der Waals surface area contributed by atoms with Crippen LogP contribution >= 0.6 is 0 Å². The third-order valence-electron chi connectivity index (χ3n) is 2.90. The van der Waals surface area contributed by atoms with Crippen LogP contribution in [0.3, 0.4) is 0 Å². The van der Waals surface area contributed by atoms with Crippen molar-refractivity contribution in [3.05, 3.63) is 0 Å². The Bertz CT molecular complexity index is 336. The molecule has 0 radical (unpaired) electrons. The highest BCUT2D eigenvalue weighted by molar-refractivity contribution is 5.76. The second-order valence-electron chi connectivity index (χ2n) is 4.21. The average molecular weight is 286 g/mol. The molecule has 0 saturated carbocycles. The van der Waals surface area contributed by atoms with Crippen molar-refractivity contribution in [2.24, 2.45) is 0 Å². The zero-order chi connectivity index (χ0) is 15.0. The molecule has 112 valence electrons. The SMILES string of the molecule is O=C(O)[C@@]1(O)OC([C@H](O)[C@H](O)CO)[C@H](O)C(O)C1F. The summed E-state index contributed by atoms with van der Waals surface area (Å²) in [6.07, 6.45) is -13.2. The monoisotopic (exact) mass is 286 g/mol. The first-order valence-electron chi connectivity index (χ1n) is 5.27. The standard InChI is InChI=1S/C9H15FO9/c10-7-5(15)4(14)6(3(13)2(12)1-11)19-9(7,18)8(16)17/h2-7,11-15,18H,1H2,(H,16,17)/t2-,3-,4-,5?,6?,7?,9+/m1/s1. The lowest BCUT2D eigenvalue weighted by Crippen LogP contribution is -2.69. The van der Waals surface area contributed by atoms with Crippen LogP contribution < -0.4 is 0 Å². The van der Waals surface area contributed by atoms with Crippen molar-refractivity contribution in [3.63, 3.8) is 0 Å². The van der Waals surface area contributed by atoms with E-state index < -0.39 is 55.1 Å². The van der Waals surface area contributed by atoms with Gasteiger partial charge in [0.15, 0.2) is 6.17 Å². The van der Waals surface area contributed by atoms with E-state index in [2.05, 4.69) is 4.74 Å². The van der Waals surface area contributed by atoms with Crippen LogP contribution in [0.1, 0.15) is 0 Å². The predicted molar refractivity (Wildman–Crippen MR) is 53.5 cm³/mol. The minimum absolute atomic E-state index is 0.964. The van der Waals surface area contributed by atoms with Gasteiger partial charge in [-0.05, 0) is 0 Å². The van der Waals surface area contributed by atoms with Crippen LogP contribution in [-0.2, 0) is 9.53 Å². The molecule has 0 aromatic heterocycles. The molecule has 0 aromatic carbocycles. The maximum absolute atomic E-state index is 13.5. The Hall–Kier alpha value is -0.880. The second-order valence-corrected chi connectivity index (χ2v) is 4.21. The lowest BCUT2D eigenvalue weighted by molar-refractivity contribution is -0.337. The summed E-state index contributed by atoms with van der Waals surface area (Å²) in [6, 6.07) is 0. The van der Waals surface area contributed by atoms with E-state index in [-0.39, 0.29) is 0 Å². The number of aliphatic carboxylic acids is 1. The number of carboxylic acids is 1. The number of hydrogen-bond donors (Lipinski definition) is 7. The molecule has 19 heavy (non-hydrogen) atoms. The van der Waals surface area contributed by atoms with Gasteiger partial charge in [-0.1, -0.05) is 0 Å². The molecule has 0 aromatic rings. The lowest BCUT2D eigenvalue weighted by atomic mass is 9.89. The fourth-order valence-electron chi connectivity index (χ4n) is 1.71. The Balaban J connectivity index is 3.04. The predicted octanol–water partition coefficient (Wildman–Crippen LogP) is -4.07. The van der Waals surface area contributed by atoms with Gasteiger partial charge in [-0.15, -0.1) is 0 Å². The van der Waals surface area contributed by atoms with Gasteiger partial charge in [-0.25, -0.2) is 9.18 Å². The minimum atomic E-state index is -3.49. The number of ether oxygens (including phenoxy) is 1. The molecule has 1 rings (SSSR count). The molecule has 7 atom stereocenters. The van der Waals surface area contributed by atoms with E-state index in [1.165, 1.54) is 0 Å². The van der Waals surface area contributed by atoms with Gasteiger partial charge >= 0.3 is 11.8 Å².